The van der Waals surface area contributed by atoms with Gasteiger partial charge in [0.15, 0.2) is 11.5 Å². The summed E-state index contributed by atoms with van der Waals surface area (Å²) in [4.78, 5) is 52.1. The van der Waals surface area contributed by atoms with Gasteiger partial charge in [0, 0.05) is 12.0 Å². The second kappa shape index (κ2) is 18.6. The molecule has 0 heterocycles. The predicted molar refractivity (Wildman–Crippen MR) is 170 cm³/mol. The van der Waals surface area contributed by atoms with Gasteiger partial charge in [0.1, 0.15) is 12.1 Å². The predicted octanol–water partition coefficient (Wildman–Crippen LogP) is 2.92. The van der Waals surface area contributed by atoms with Gasteiger partial charge in [0.05, 0.1) is 17.7 Å². The van der Waals surface area contributed by atoms with Crippen molar-refractivity contribution < 1.29 is 34.5 Å². The number of hydrogen-bond donors (Lipinski definition) is 7. The number of aromatic hydroxyl groups is 2. The van der Waals surface area contributed by atoms with E-state index in [2.05, 4.69) is 21.3 Å². The maximum atomic E-state index is 13.4. The molecule has 43 heavy (non-hydrogen) atoms. The Hall–Kier alpha value is -2.99. The molecule has 244 valence electrons. The van der Waals surface area contributed by atoms with Crippen LogP contribution >= 0.6 is 11.8 Å². The molecular weight excluding hydrogens is 572 g/mol. The number of para-hydroxylation sites is 1. The van der Waals surface area contributed by atoms with Gasteiger partial charge < -0.3 is 36.6 Å². The van der Waals surface area contributed by atoms with Gasteiger partial charge in [-0.25, -0.2) is 0 Å². The maximum Gasteiger partial charge on any atom is 0.255 e. The quantitative estimate of drug-likeness (QED) is 0.122. The first-order valence-corrected chi connectivity index (χ1v) is 16.4. The fourth-order valence-corrected chi connectivity index (χ4v) is 5.07. The number of thioether (sulfide) groups is 1. The molecule has 0 spiro atoms. The normalized spacial score (nSPS) is 15.0. The topological polar surface area (TPSA) is 177 Å². The molecule has 5 atom stereocenters. The van der Waals surface area contributed by atoms with Gasteiger partial charge in [0.25, 0.3) is 5.91 Å². The van der Waals surface area contributed by atoms with Gasteiger partial charge in [-0.05, 0) is 75.5 Å². The van der Waals surface area contributed by atoms with Crippen LogP contribution in [0.5, 0.6) is 11.5 Å². The largest absolute Gasteiger partial charge is 0.504 e. The lowest BCUT2D eigenvalue weighted by molar-refractivity contribution is -0.132. The summed E-state index contributed by atoms with van der Waals surface area (Å²) in [7, 11) is 0. The molecule has 7 N–H and O–H groups in total. The summed E-state index contributed by atoms with van der Waals surface area (Å²) in [6.07, 6.45) is 2.01. The van der Waals surface area contributed by atoms with Crippen LogP contribution in [-0.4, -0.2) is 81.2 Å². The van der Waals surface area contributed by atoms with Crippen LogP contribution < -0.4 is 21.3 Å². The van der Waals surface area contributed by atoms with Crippen molar-refractivity contribution in [3.63, 3.8) is 0 Å². The first-order chi connectivity index (χ1) is 20.1. The van der Waals surface area contributed by atoms with Gasteiger partial charge in [-0.3, -0.25) is 19.2 Å². The minimum Gasteiger partial charge on any atom is -0.504 e. The van der Waals surface area contributed by atoms with Crippen molar-refractivity contribution in [2.75, 3.05) is 12.0 Å². The molecule has 0 aliphatic carbocycles. The minimum atomic E-state index is -1.08. The Balaban J connectivity index is 3.02. The molecule has 1 rings (SSSR count). The third-order valence-electron chi connectivity index (χ3n) is 6.82. The highest BCUT2D eigenvalue weighted by molar-refractivity contribution is 7.98. The maximum absolute atomic E-state index is 13.4. The highest BCUT2D eigenvalue weighted by Gasteiger charge is 2.31. The number of carbonyl (C=O) groups excluding carboxylic acids is 4. The Labute approximate surface area is 260 Å². The zero-order valence-electron chi connectivity index (χ0n) is 26.8. The van der Waals surface area contributed by atoms with E-state index in [4.69, 9.17) is 0 Å². The number of rotatable bonds is 18. The smallest absolute Gasteiger partial charge is 0.255 e. The second-order valence-electron chi connectivity index (χ2n) is 12.3. The summed E-state index contributed by atoms with van der Waals surface area (Å²) in [6, 6.07) is 1.54. The first kappa shape index (κ1) is 38.0. The third kappa shape index (κ3) is 13.5. The fourth-order valence-electron chi connectivity index (χ4n) is 4.59. The third-order valence-corrected chi connectivity index (χ3v) is 7.47. The number of benzene rings is 1. The van der Waals surface area contributed by atoms with Crippen LogP contribution in [0.1, 0.15) is 84.5 Å². The number of aliphatic hydroxyl groups excluding tert-OH is 1. The summed E-state index contributed by atoms with van der Waals surface area (Å²) < 4.78 is 0. The molecule has 0 unspecified atom stereocenters. The van der Waals surface area contributed by atoms with Crippen molar-refractivity contribution in [1.29, 1.82) is 0 Å². The fraction of sp³-hybridized carbons (Fsp3) is 0.677. The van der Waals surface area contributed by atoms with Crippen LogP contribution in [0.25, 0.3) is 0 Å². The number of nitrogens with one attached hydrogen (secondary N) is 4. The first-order valence-electron chi connectivity index (χ1n) is 15.0. The highest BCUT2D eigenvalue weighted by Crippen LogP contribution is 2.28. The van der Waals surface area contributed by atoms with Crippen molar-refractivity contribution in [2.24, 2.45) is 17.8 Å². The molecule has 1 aromatic carbocycles. The Morgan fingerprint density at radius 2 is 1.37 bits per heavy atom. The Morgan fingerprint density at radius 3 is 1.93 bits per heavy atom. The summed E-state index contributed by atoms with van der Waals surface area (Å²) >= 11 is 1.49. The monoisotopic (exact) mass is 624 g/mol. The molecule has 0 aromatic heterocycles. The van der Waals surface area contributed by atoms with Gasteiger partial charge >= 0.3 is 0 Å². The van der Waals surface area contributed by atoms with E-state index >= 15 is 0 Å². The van der Waals surface area contributed by atoms with Gasteiger partial charge in [-0.1, -0.05) is 40.7 Å². The number of hydrogen-bond acceptors (Lipinski definition) is 8. The van der Waals surface area contributed by atoms with Crippen LogP contribution in [-0.2, 0) is 14.4 Å². The van der Waals surface area contributed by atoms with Crippen LogP contribution in [0.15, 0.2) is 18.2 Å². The molecule has 0 saturated heterocycles. The van der Waals surface area contributed by atoms with E-state index in [1.54, 1.807) is 6.92 Å². The molecular formula is C31H52N4O7S. The lowest BCUT2D eigenvalue weighted by Gasteiger charge is -2.30. The van der Waals surface area contributed by atoms with Crippen LogP contribution in [0.3, 0.4) is 0 Å². The molecule has 0 radical (unpaired) electrons. The SMILES string of the molecule is CSCC[C@H](NC(=O)c1cccc(O)c1O)C(=O)N[C@@H](CC(C)C)[C@@H](O)C[C@@H](C)C(=O)N[C@@H](CC(C)C)C(=O)NC(C)C. The lowest BCUT2D eigenvalue weighted by Crippen LogP contribution is -2.54. The van der Waals surface area contributed by atoms with Crippen LogP contribution in [0.2, 0.25) is 0 Å². The van der Waals surface area contributed by atoms with Crippen molar-refractivity contribution in [3.8, 4) is 11.5 Å². The van der Waals surface area contributed by atoms with Crippen LogP contribution in [0, 0.1) is 17.8 Å². The van der Waals surface area contributed by atoms with Gasteiger partial charge in [0.2, 0.25) is 17.7 Å². The highest BCUT2D eigenvalue weighted by atomic mass is 32.2. The average Bonchev–Trinajstić information content (AvgIpc) is 2.90. The van der Waals surface area contributed by atoms with Crippen molar-refractivity contribution >= 4 is 35.4 Å². The minimum absolute atomic E-state index is 0.0443. The second-order valence-corrected chi connectivity index (χ2v) is 13.3. The summed E-state index contributed by atoms with van der Waals surface area (Å²) in [5.41, 5.74) is -0.168. The van der Waals surface area contributed by atoms with E-state index in [0.717, 1.165) is 0 Å². The molecule has 0 fully saturated rings. The number of amides is 4. The average molecular weight is 625 g/mol. The number of carbonyl (C=O) groups is 4. The zero-order valence-corrected chi connectivity index (χ0v) is 27.6. The molecule has 0 aliphatic rings. The van der Waals surface area contributed by atoms with E-state index in [1.165, 1.54) is 30.0 Å². The van der Waals surface area contributed by atoms with Crippen molar-refractivity contribution in [1.82, 2.24) is 21.3 Å². The van der Waals surface area contributed by atoms with Gasteiger partial charge in [-0.2, -0.15) is 11.8 Å². The molecule has 12 heteroatoms. The van der Waals surface area contributed by atoms with Crippen molar-refractivity contribution in [2.45, 2.75) is 104 Å². The van der Waals surface area contributed by atoms with Crippen LogP contribution in [0.4, 0.5) is 0 Å². The van der Waals surface area contributed by atoms with Crippen molar-refractivity contribution in [3.05, 3.63) is 23.8 Å². The Morgan fingerprint density at radius 1 is 0.767 bits per heavy atom. The van der Waals surface area contributed by atoms with E-state index in [0.29, 0.717) is 18.6 Å². The van der Waals surface area contributed by atoms with E-state index in [9.17, 15) is 34.5 Å². The summed E-state index contributed by atoms with van der Waals surface area (Å²) in [5.74, 6) is -2.71. The van der Waals surface area contributed by atoms with E-state index in [1.807, 2.05) is 47.8 Å². The van der Waals surface area contributed by atoms with E-state index < -0.39 is 53.5 Å². The molecule has 11 nitrogen and oxygen atoms in total. The molecule has 0 saturated carbocycles. The number of aliphatic hydroxyl groups is 1. The number of phenols is 2. The Kier molecular flexibility index (Phi) is 16.5. The molecule has 0 bridgehead atoms. The lowest BCUT2D eigenvalue weighted by atomic mass is 9.91. The van der Waals surface area contributed by atoms with Gasteiger partial charge in [-0.15, -0.1) is 0 Å². The number of phenolic OH excluding ortho intramolecular Hbond substituents is 2. The molecule has 0 aliphatic heterocycles. The zero-order chi connectivity index (χ0) is 32.9. The summed E-state index contributed by atoms with van der Waals surface area (Å²) in [6.45, 7) is 13.2. The van der Waals surface area contributed by atoms with E-state index in [-0.39, 0.29) is 48.1 Å². The molecule has 4 amide bonds. The standard InChI is InChI=1S/C31H52N4O7S/c1-17(2)14-23(26(37)16-20(7)28(39)35-24(15-18(3)4)31(42)32-19(5)6)34-30(41)22(12-13-43-8)33-29(40)21-10-9-11-25(36)27(21)38/h9-11,17-20,22-24,26,36-38H,12-16H2,1-8H3,(H,32,42)(H,33,40)(H,34,41)(H,35,39)/t20-,22+,23+,24+,26+/m1/s1. The molecule has 1 aromatic rings. The summed E-state index contributed by atoms with van der Waals surface area (Å²) in [5, 5.41) is 42.2. The Bertz CT molecular complexity index is 1070.